The molecular weight excluding hydrogens is 342 g/mol. The molecule has 1 aromatic heterocycles. The first kappa shape index (κ1) is 18.6. The zero-order valence-electron chi connectivity index (χ0n) is 15.4. The number of hydrogen-bond donors (Lipinski definition) is 3. The molecule has 1 aliphatic heterocycles. The van der Waals surface area contributed by atoms with Gasteiger partial charge < -0.3 is 20.9 Å². The predicted octanol–water partition coefficient (Wildman–Crippen LogP) is 3.38. The van der Waals surface area contributed by atoms with Gasteiger partial charge in [0.25, 0.3) is 0 Å². The van der Waals surface area contributed by atoms with Crippen LogP contribution in [0.5, 0.6) is 0 Å². The van der Waals surface area contributed by atoms with Gasteiger partial charge in [0.15, 0.2) is 5.96 Å². The molecule has 3 N–H and O–H groups in total. The number of thiophene rings is 1. The average molecular weight is 372 g/mol. The monoisotopic (exact) mass is 371 g/mol. The zero-order valence-corrected chi connectivity index (χ0v) is 16.3. The Hall–Kier alpha value is -2.21. The molecule has 2 aromatic rings. The van der Waals surface area contributed by atoms with Gasteiger partial charge in [-0.15, -0.1) is 11.3 Å². The lowest BCUT2D eigenvalue weighted by molar-refractivity contribution is 0.462. The molecule has 1 aromatic carbocycles. The normalized spacial score (nSPS) is 15.7. The molecule has 3 rings (SSSR count). The molecule has 0 bridgehead atoms. The first-order chi connectivity index (χ1) is 12.8. The fourth-order valence-corrected chi connectivity index (χ4v) is 3.95. The molecule has 0 radical (unpaired) electrons. The molecule has 26 heavy (non-hydrogen) atoms. The van der Waals surface area contributed by atoms with Crippen molar-refractivity contribution in [1.29, 1.82) is 0 Å². The van der Waals surface area contributed by atoms with Gasteiger partial charge in [0.1, 0.15) is 0 Å². The summed E-state index contributed by atoms with van der Waals surface area (Å²) >= 11 is 1.83. The molecule has 0 atom stereocenters. The quantitative estimate of drug-likeness (QED) is 0.397. The number of benzene rings is 1. The number of nitrogens with one attached hydrogen (secondary N) is 3. The first-order valence-corrected chi connectivity index (χ1v) is 10.3. The van der Waals surface area contributed by atoms with Crippen molar-refractivity contribution < 1.29 is 0 Å². The highest BCUT2D eigenvalue weighted by atomic mass is 32.1. The van der Waals surface area contributed by atoms with Gasteiger partial charge in [0.05, 0.1) is 5.00 Å². The Morgan fingerprint density at radius 2 is 1.92 bits per heavy atom. The van der Waals surface area contributed by atoms with Gasteiger partial charge in [0, 0.05) is 45.0 Å². The van der Waals surface area contributed by atoms with Crippen molar-refractivity contribution in [3.63, 3.8) is 0 Å². The summed E-state index contributed by atoms with van der Waals surface area (Å²) in [5.41, 5.74) is 1.17. The van der Waals surface area contributed by atoms with Crippen molar-refractivity contribution in [2.75, 3.05) is 43.4 Å². The van der Waals surface area contributed by atoms with Crippen molar-refractivity contribution >= 4 is 28.0 Å². The van der Waals surface area contributed by atoms with E-state index in [1.54, 1.807) is 0 Å². The minimum absolute atomic E-state index is 0.500. The molecule has 5 nitrogen and oxygen atoms in total. The third kappa shape index (κ3) is 5.66. The molecule has 0 amide bonds. The molecule has 1 fully saturated rings. The highest BCUT2D eigenvalue weighted by molar-refractivity contribution is 7.14. The number of piperidine rings is 1. The maximum Gasteiger partial charge on any atom is 0.191 e. The number of aliphatic imine (C=N–C) groups is 1. The van der Waals surface area contributed by atoms with Crippen LogP contribution >= 0.6 is 11.3 Å². The largest absolute Gasteiger partial charge is 0.385 e. The molecule has 1 aliphatic rings. The Labute approximate surface area is 160 Å². The second kappa shape index (κ2) is 10.1. The number of hydrogen-bond acceptors (Lipinski definition) is 4. The van der Waals surface area contributed by atoms with Crippen molar-refractivity contribution in [1.82, 2.24) is 10.6 Å². The van der Waals surface area contributed by atoms with Crippen LogP contribution in [0.1, 0.15) is 19.3 Å². The molecule has 0 spiro atoms. The van der Waals surface area contributed by atoms with Crippen molar-refractivity contribution in [2.45, 2.75) is 25.3 Å². The molecular formula is C20H29N5S. The summed E-state index contributed by atoms with van der Waals surface area (Å²) in [6.45, 7) is 4.08. The molecule has 1 saturated heterocycles. The SMILES string of the molecule is CN=C(NCCCNc1ccccc1)NC1CCN(c2cccs2)CC1. The zero-order chi connectivity index (χ0) is 18.0. The Morgan fingerprint density at radius 1 is 1.12 bits per heavy atom. The Kier molecular flexibility index (Phi) is 7.19. The predicted molar refractivity (Wildman–Crippen MR) is 114 cm³/mol. The molecule has 0 saturated carbocycles. The molecule has 140 valence electrons. The third-order valence-electron chi connectivity index (χ3n) is 4.63. The Balaban J connectivity index is 1.31. The Morgan fingerprint density at radius 3 is 2.62 bits per heavy atom. The molecule has 2 heterocycles. The van der Waals surface area contributed by atoms with E-state index in [4.69, 9.17) is 0 Å². The van der Waals surface area contributed by atoms with Crippen LogP contribution in [0.25, 0.3) is 0 Å². The summed E-state index contributed by atoms with van der Waals surface area (Å²) in [6.07, 6.45) is 3.34. The summed E-state index contributed by atoms with van der Waals surface area (Å²) in [5.74, 6) is 0.916. The van der Waals surface area contributed by atoms with Gasteiger partial charge in [-0.1, -0.05) is 18.2 Å². The van der Waals surface area contributed by atoms with Crippen LogP contribution in [0.15, 0.2) is 52.8 Å². The van der Waals surface area contributed by atoms with Crippen LogP contribution in [0.2, 0.25) is 0 Å². The van der Waals surface area contributed by atoms with E-state index >= 15 is 0 Å². The van der Waals surface area contributed by atoms with Crippen LogP contribution < -0.4 is 20.9 Å². The fourth-order valence-electron chi connectivity index (χ4n) is 3.17. The van der Waals surface area contributed by atoms with Crippen molar-refractivity contribution in [3.8, 4) is 0 Å². The van der Waals surface area contributed by atoms with Crippen LogP contribution in [-0.2, 0) is 0 Å². The smallest absolute Gasteiger partial charge is 0.191 e. The summed E-state index contributed by atoms with van der Waals surface area (Å²) in [4.78, 5) is 6.85. The molecule has 6 heteroatoms. The minimum atomic E-state index is 0.500. The van der Waals surface area contributed by atoms with E-state index < -0.39 is 0 Å². The number of para-hydroxylation sites is 1. The van der Waals surface area contributed by atoms with E-state index in [9.17, 15) is 0 Å². The van der Waals surface area contributed by atoms with E-state index in [1.165, 1.54) is 10.7 Å². The van der Waals surface area contributed by atoms with Crippen molar-refractivity contribution in [3.05, 3.63) is 47.8 Å². The van der Waals surface area contributed by atoms with Gasteiger partial charge in [-0.05, 0) is 48.9 Å². The first-order valence-electron chi connectivity index (χ1n) is 9.40. The topological polar surface area (TPSA) is 51.7 Å². The van der Waals surface area contributed by atoms with Gasteiger partial charge in [0.2, 0.25) is 0 Å². The van der Waals surface area contributed by atoms with Crippen LogP contribution in [0.4, 0.5) is 10.7 Å². The van der Waals surface area contributed by atoms with Crippen molar-refractivity contribution in [2.24, 2.45) is 4.99 Å². The van der Waals surface area contributed by atoms with Gasteiger partial charge in [-0.25, -0.2) is 0 Å². The van der Waals surface area contributed by atoms with Gasteiger partial charge >= 0.3 is 0 Å². The standard InChI is InChI=1S/C20H29N5S/c1-21-20(23-13-6-12-22-17-7-3-2-4-8-17)24-18-10-14-25(15-11-18)19-9-5-16-26-19/h2-5,7-9,16,18,22H,6,10-15H2,1H3,(H2,21,23,24). The summed E-state index contributed by atoms with van der Waals surface area (Å²) < 4.78 is 0. The third-order valence-corrected chi connectivity index (χ3v) is 5.56. The number of anilines is 2. The number of guanidine groups is 1. The van der Waals surface area contributed by atoms with E-state index in [0.717, 1.165) is 51.4 Å². The highest BCUT2D eigenvalue weighted by Crippen LogP contribution is 2.24. The number of rotatable bonds is 7. The second-order valence-corrected chi connectivity index (χ2v) is 7.43. The number of nitrogens with zero attached hydrogens (tertiary/aromatic N) is 2. The van der Waals surface area contributed by atoms with Crippen LogP contribution in [0, 0.1) is 0 Å². The van der Waals surface area contributed by atoms with E-state index in [2.05, 4.69) is 67.6 Å². The van der Waals surface area contributed by atoms with E-state index in [-0.39, 0.29) is 0 Å². The summed E-state index contributed by atoms with van der Waals surface area (Å²) in [7, 11) is 1.85. The lowest BCUT2D eigenvalue weighted by atomic mass is 10.1. The molecule has 0 aliphatic carbocycles. The summed E-state index contributed by atoms with van der Waals surface area (Å²) in [5, 5.41) is 14.0. The van der Waals surface area contributed by atoms with E-state index in [1.807, 2.05) is 24.5 Å². The second-order valence-electron chi connectivity index (χ2n) is 6.50. The fraction of sp³-hybridized carbons (Fsp3) is 0.450. The van der Waals surface area contributed by atoms with Crippen LogP contribution in [-0.4, -0.2) is 45.2 Å². The maximum atomic E-state index is 4.37. The average Bonchev–Trinajstić information content (AvgIpc) is 3.23. The lowest BCUT2D eigenvalue weighted by Crippen LogP contribution is -2.48. The maximum absolute atomic E-state index is 4.37. The Bertz CT molecular complexity index is 648. The minimum Gasteiger partial charge on any atom is -0.385 e. The molecule has 0 unspecified atom stereocenters. The van der Waals surface area contributed by atoms with Gasteiger partial charge in [-0.2, -0.15) is 0 Å². The van der Waals surface area contributed by atoms with Crippen LogP contribution in [0.3, 0.4) is 0 Å². The summed E-state index contributed by atoms with van der Waals surface area (Å²) in [6, 6.07) is 15.2. The van der Waals surface area contributed by atoms with E-state index in [0.29, 0.717) is 6.04 Å². The highest BCUT2D eigenvalue weighted by Gasteiger charge is 2.20. The lowest BCUT2D eigenvalue weighted by Gasteiger charge is -2.33. The van der Waals surface area contributed by atoms with Gasteiger partial charge in [-0.3, -0.25) is 4.99 Å².